The Balaban J connectivity index is 1.62. The van der Waals surface area contributed by atoms with Crippen molar-refractivity contribution in [2.24, 2.45) is 7.05 Å². The van der Waals surface area contributed by atoms with Crippen molar-refractivity contribution in [2.75, 3.05) is 13.2 Å². The summed E-state index contributed by atoms with van der Waals surface area (Å²) in [6.45, 7) is 1.89. The molecular formula is C19H21N3O2S. The molecular weight excluding hydrogens is 334 g/mol. The summed E-state index contributed by atoms with van der Waals surface area (Å²) in [5.74, 6) is 0.0343. The second-order valence-electron chi connectivity index (χ2n) is 6.40. The number of carbonyl (C=O) groups excluding carboxylic acids is 1. The Hall–Kier alpha value is -2.18. The van der Waals surface area contributed by atoms with Gasteiger partial charge in [-0.1, -0.05) is 6.07 Å². The molecule has 0 bridgehead atoms. The van der Waals surface area contributed by atoms with E-state index in [2.05, 4.69) is 16.4 Å². The molecule has 0 aliphatic carbocycles. The van der Waals surface area contributed by atoms with Gasteiger partial charge in [-0.05, 0) is 42.5 Å². The average molecular weight is 355 g/mol. The Labute approximate surface area is 150 Å². The van der Waals surface area contributed by atoms with E-state index in [4.69, 9.17) is 4.74 Å². The van der Waals surface area contributed by atoms with E-state index in [-0.39, 0.29) is 12.0 Å². The summed E-state index contributed by atoms with van der Waals surface area (Å²) in [7, 11) is 1.95. The zero-order valence-electron chi connectivity index (χ0n) is 14.2. The van der Waals surface area contributed by atoms with Crippen LogP contribution in [0.25, 0.3) is 10.2 Å². The van der Waals surface area contributed by atoms with Crippen molar-refractivity contribution in [1.82, 2.24) is 14.5 Å². The highest BCUT2D eigenvalue weighted by atomic mass is 32.1. The minimum absolute atomic E-state index is 0.0343. The van der Waals surface area contributed by atoms with Gasteiger partial charge in [0, 0.05) is 26.4 Å². The highest BCUT2D eigenvalue weighted by Crippen LogP contribution is 2.26. The molecule has 4 rings (SSSR count). The van der Waals surface area contributed by atoms with E-state index in [1.807, 2.05) is 40.8 Å². The molecule has 0 spiro atoms. The number of aryl methyl sites for hydroxylation is 1. The highest BCUT2D eigenvalue weighted by molar-refractivity contribution is 7.17. The number of hydrogen-bond acceptors (Lipinski definition) is 4. The fourth-order valence-corrected chi connectivity index (χ4v) is 4.21. The summed E-state index contributed by atoms with van der Waals surface area (Å²) in [6.07, 6.45) is 3.96. The molecule has 1 aliphatic rings. The summed E-state index contributed by atoms with van der Waals surface area (Å²) >= 11 is 1.66. The van der Waals surface area contributed by atoms with Gasteiger partial charge in [-0.2, -0.15) is 0 Å². The highest BCUT2D eigenvalue weighted by Gasteiger charge is 2.26. The molecule has 0 aromatic carbocycles. The van der Waals surface area contributed by atoms with Crippen LogP contribution in [-0.4, -0.2) is 39.6 Å². The van der Waals surface area contributed by atoms with Crippen LogP contribution in [0, 0.1) is 0 Å². The Morgan fingerprint density at radius 1 is 1.44 bits per heavy atom. The maximum Gasteiger partial charge on any atom is 0.270 e. The van der Waals surface area contributed by atoms with Gasteiger partial charge in [-0.3, -0.25) is 9.78 Å². The second-order valence-corrected chi connectivity index (χ2v) is 7.35. The molecule has 6 heteroatoms. The number of aromatic nitrogens is 2. The van der Waals surface area contributed by atoms with Gasteiger partial charge in [0.1, 0.15) is 5.69 Å². The summed E-state index contributed by atoms with van der Waals surface area (Å²) in [5, 5.41) is 2.05. The number of pyridine rings is 1. The van der Waals surface area contributed by atoms with Crippen molar-refractivity contribution < 1.29 is 9.53 Å². The number of nitrogens with zero attached hydrogens (tertiary/aromatic N) is 3. The molecule has 25 heavy (non-hydrogen) atoms. The second kappa shape index (κ2) is 6.98. The van der Waals surface area contributed by atoms with Crippen LogP contribution in [-0.2, 0) is 18.3 Å². The molecule has 5 nitrogen and oxygen atoms in total. The summed E-state index contributed by atoms with van der Waals surface area (Å²) < 4.78 is 8.88. The Kier molecular flexibility index (Phi) is 4.55. The first-order valence-corrected chi connectivity index (χ1v) is 9.44. The number of thiophene rings is 1. The van der Waals surface area contributed by atoms with Crippen molar-refractivity contribution in [1.29, 1.82) is 0 Å². The first-order valence-electron chi connectivity index (χ1n) is 8.56. The van der Waals surface area contributed by atoms with Crippen LogP contribution in [0.3, 0.4) is 0 Å². The van der Waals surface area contributed by atoms with E-state index in [1.54, 1.807) is 17.5 Å². The predicted octanol–water partition coefficient (Wildman–Crippen LogP) is 3.46. The maximum absolute atomic E-state index is 13.3. The summed E-state index contributed by atoms with van der Waals surface area (Å²) in [4.78, 5) is 19.5. The third-order valence-corrected chi connectivity index (χ3v) is 5.55. The van der Waals surface area contributed by atoms with Gasteiger partial charge in [0.25, 0.3) is 5.91 Å². The third kappa shape index (κ3) is 3.32. The molecule has 0 radical (unpaired) electrons. The van der Waals surface area contributed by atoms with E-state index < -0.39 is 0 Å². The molecule has 1 amide bonds. The lowest BCUT2D eigenvalue weighted by atomic mass is 10.2. The standard InChI is InChI=1S/C19H21N3O2S/c1-21-16-7-10-25-18(16)11-17(21)19(23)22(13-15-6-4-9-24-15)12-14-5-2-3-8-20-14/h2-3,5,7-8,10-11,15H,4,6,9,12-13H2,1H3. The molecule has 0 N–H and O–H groups in total. The first kappa shape index (κ1) is 16.3. The van der Waals surface area contributed by atoms with Crippen molar-refractivity contribution in [2.45, 2.75) is 25.5 Å². The van der Waals surface area contributed by atoms with E-state index in [0.717, 1.165) is 41.1 Å². The smallest absolute Gasteiger partial charge is 0.270 e. The van der Waals surface area contributed by atoms with Crippen LogP contribution >= 0.6 is 11.3 Å². The number of amides is 1. The number of carbonyl (C=O) groups is 1. The lowest BCUT2D eigenvalue weighted by Crippen LogP contribution is -2.38. The van der Waals surface area contributed by atoms with Gasteiger partial charge in [-0.15, -0.1) is 11.3 Å². The number of fused-ring (bicyclic) bond motifs is 1. The molecule has 1 atom stereocenters. The summed E-state index contributed by atoms with van der Waals surface area (Å²) in [5.41, 5.74) is 2.71. The van der Waals surface area contributed by atoms with Crippen LogP contribution in [0.1, 0.15) is 29.0 Å². The molecule has 1 saturated heterocycles. The van der Waals surface area contributed by atoms with E-state index in [9.17, 15) is 4.79 Å². The van der Waals surface area contributed by atoms with Gasteiger partial charge in [0.15, 0.2) is 0 Å². The first-order chi connectivity index (χ1) is 12.2. The van der Waals surface area contributed by atoms with E-state index in [0.29, 0.717) is 13.1 Å². The molecule has 3 aromatic heterocycles. The van der Waals surface area contributed by atoms with Crippen molar-refractivity contribution in [3.8, 4) is 0 Å². The van der Waals surface area contributed by atoms with Gasteiger partial charge in [0.2, 0.25) is 0 Å². The summed E-state index contributed by atoms with van der Waals surface area (Å²) in [6, 6.07) is 9.85. The molecule has 1 fully saturated rings. The fraction of sp³-hybridized carbons (Fsp3) is 0.368. The SMILES string of the molecule is Cn1c(C(=O)N(Cc2ccccn2)CC2CCCO2)cc2sccc21. The molecule has 1 unspecified atom stereocenters. The molecule has 3 aromatic rings. The average Bonchev–Trinajstić information content (AvgIpc) is 3.35. The van der Waals surface area contributed by atoms with Crippen LogP contribution in [0.5, 0.6) is 0 Å². The predicted molar refractivity (Wildman–Crippen MR) is 98.7 cm³/mol. The van der Waals surface area contributed by atoms with Crippen molar-refractivity contribution in [3.05, 3.63) is 53.3 Å². The van der Waals surface area contributed by atoms with Crippen LogP contribution in [0.2, 0.25) is 0 Å². The maximum atomic E-state index is 13.3. The fourth-order valence-electron chi connectivity index (χ4n) is 3.36. The number of hydrogen-bond donors (Lipinski definition) is 0. The van der Waals surface area contributed by atoms with Gasteiger partial charge < -0.3 is 14.2 Å². The van der Waals surface area contributed by atoms with Gasteiger partial charge in [0.05, 0.1) is 28.6 Å². The van der Waals surface area contributed by atoms with Crippen LogP contribution in [0.15, 0.2) is 41.9 Å². The Morgan fingerprint density at radius 3 is 3.08 bits per heavy atom. The third-order valence-electron chi connectivity index (χ3n) is 4.70. The molecule has 130 valence electrons. The monoisotopic (exact) mass is 355 g/mol. The van der Waals surface area contributed by atoms with Crippen LogP contribution < -0.4 is 0 Å². The lowest BCUT2D eigenvalue weighted by Gasteiger charge is -2.25. The van der Waals surface area contributed by atoms with Crippen molar-refractivity contribution in [3.63, 3.8) is 0 Å². The van der Waals surface area contributed by atoms with Crippen LogP contribution in [0.4, 0.5) is 0 Å². The normalized spacial score (nSPS) is 17.2. The minimum Gasteiger partial charge on any atom is -0.376 e. The Morgan fingerprint density at radius 2 is 2.36 bits per heavy atom. The molecule has 4 heterocycles. The largest absolute Gasteiger partial charge is 0.376 e. The lowest BCUT2D eigenvalue weighted by molar-refractivity contribution is 0.0497. The van der Waals surface area contributed by atoms with E-state index >= 15 is 0 Å². The molecule has 1 aliphatic heterocycles. The number of rotatable bonds is 5. The van der Waals surface area contributed by atoms with Crippen molar-refractivity contribution >= 4 is 27.5 Å². The Bertz CT molecular complexity index is 865. The van der Waals surface area contributed by atoms with E-state index in [1.165, 1.54) is 0 Å². The van der Waals surface area contributed by atoms with Gasteiger partial charge >= 0.3 is 0 Å². The van der Waals surface area contributed by atoms with Gasteiger partial charge in [-0.25, -0.2) is 0 Å². The minimum atomic E-state index is 0.0343. The quantitative estimate of drug-likeness (QED) is 0.704. The zero-order valence-corrected chi connectivity index (χ0v) is 15.0. The molecule has 0 saturated carbocycles. The zero-order chi connectivity index (χ0) is 17.2. The number of ether oxygens (including phenoxy) is 1. The topological polar surface area (TPSA) is 47.4 Å².